The maximum atomic E-state index is 13.0. The predicted molar refractivity (Wildman–Crippen MR) is 134 cm³/mol. The van der Waals surface area contributed by atoms with E-state index in [2.05, 4.69) is 0 Å². The van der Waals surface area contributed by atoms with Crippen LogP contribution in [0.1, 0.15) is 53.0 Å². The van der Waals surface area contributed by atoms with Gasteiger partial charge in [0.15, 0.2) is 5.57 Å². The lowest BCUT2D eigenvalue weighted by atomic mass is 9.98. The lowest BCUT2D eigenvalue weighted by Gasteiger charge is -2.31. The average Bonchev–Trinajstić information content (AvgIpc) is 3.38. The lowest BCUT2D eigenvalue weighted by molar-refractivity contribution is -0.141. The molecule has 5 rings (SSSR count). The van der Waals surface area contributed by atoms with Gasteiger partial charge in [-0.2, -0.15) is 0 Å². The normalized spacial score (nSPS) is 16.5. The Balaban J connectivity index is 1.51. The predicted octanol–water partition coefficient (Wildman–Crippen LogP) is 3.67. The van der Waals surface area contributed by atoms with Gasteiger partial charge in [-0.25, -0.2) is 14.6 Å². The Kier molecular flexibility index (Phi) is 6.29. The third-order valence-electron chi connectivity index (χ3n) is 6.87. The molecule has 1 aromatic heterocycles. The van der Waals surface area contributed by atoms with Crippen molar-refractivity contribution in [3.05, 3.63) is 88.2 Å². The number of benzene rings is 2. The third kappa shape index (κ3) is 4.06. The maximum absolute atomic E-state index is 13.0. The maximum Gasteiger partial charge on any atom is 0.347 e. The van der Waals surface area contributed by atoms with Crippen LogP contribution in [0, 0.1) is 0 Å². The fourth-order valence-electron chi connectivity index (χ4n) is 5.18. The summed E-state index contributed by atoms with van der Waals surface area (Å²) in [5.41, 5.74) is 3.80. The second-order valence-electron chi connectivity index (χ2n) is 8.98. The van der Waals surface area contributed by atoms with Gasteiger partial charge in [-0.15, -0.1) is 0 Å². The van der Waals surface area contributed by atoms with E-state index in [1.165, 1.54) is 4.90 Å². The second kappa shape index (κ2) is 9.57. The van der Waals surface area contributed by atoms with Crippen molar-refractivity contribution < 1.29 is 29.3 Å². The number of aliphatic hydroxyl groups is 1. The number of aromatic nitrogens is 2. The number of hydrogen-bond acceptors (Lipinski definition) is 6. The monoisotopic (exact) mass is 501 g/mol. The van der Waals surface area contributed by atoms with E-state index < -0.39 is 23.9 Å². The first-order valence-electron chi connectivity index (χ1n) is 12.3. The summed E-state index contributed by atoms with van der Waals surface area (Å²) in [6, 6.07) is 13.7. The van der Waals surface area contributed by atoms with Gasteiger partial charge in [0, 0.05) is 25.9 Å². The molecule has 9 heteroatoms. The second-order valence-corrected chi connectivity index (χ2v) is 8.98. The highest BCUT2D eigenvalue weighted by Gasteiger charge is 2.48. The van der Waals surface area contributed by atoms with E-state index in [1.54, 1.807) is 31.2 Å². The molecule has 37 heavy (non-hydrogen) atoms. The molecule has 2 aromatic carbocycles. The molecule has 9 nitrogen and oxygen atoms in total. The van der Waals surface area contributed by atoms with Crippen LogP contribution in [-0.2, 0) is 33.7 Å². The number of aromatic carboxylic acids is 1. The summed E-state index contributed by atoms with van der Waals surface area (Å²) in [5.74, 6) is -1.81. The first kappa shape index (κ1) is 24.3. The number of fused-ring (bicyclic) bond motifs is 3. The van der Waals surface area contributed by atoms with E-state index in [4.69, 9.17) is 9.72 Å². The van der Waals surface area contributed by atoms with Crippen molar-refractivity contribution in [3.8, 4) is 11.1 Å². The topological polar surface area (TPSA) is 122 Å². The number of hydrogen-bond donors (Lipinski definition) is 2. The van der Waals surface area contributed by atoms with E-state index >= 15 is 0 Å². The number of amides is 1. The van der Waals surface area contributed by atoms with E-state index in [9.17, 15) is 24.6 Å². The summed E-state index contributed by atoms with van der Waals surface area (Å²) in [4.78, 5) is 43.4. The number of carboxylic acid groups (broad SMARTS) is 1. The molecular weight excluding hydrogens is 474 g/mol. The highest BCUT2D eigenvalue weighted by Crippen LogP contribution is 2.42. The molecule has 0 fully saturated rings. The summed E-state index contributed by atoms with van der Waals surface area (Å²) in [6.07, 6.45) is 1.17. The Morgan fingerprint density at radius 2 is 1.84 bits per heavy atom. The Labute approximate surface area is 213 Å². The minimum Gasteiger partial charge on any atom is -0.509 e. The SMILES string of the molecule is CCOC(=O)C1=C(O)C2c3c(nc(CC)n3Cc3ccc(-c4ccccc4C(=O)O)cc3)CCN2C1=O. The zero-order valence-corrected chi connectivity index (χ0v) is 20.6. The molecular formula is C28H27N3O6. The fourth-order valence-corrected chi connectivity index (χ4v) is 5.18. The standard InChI is InChI=1S/C28H27N3O6/c1-3-21-29-20-13-14-30-24(25(32)22(26(30)33)28(36)37-4-2)23(20)31(21)15-16-9-11-17(12-10-16)18-7-5-6-8-19(18)27(34)35/h5-12,24,32H,3-4,13-15H2,1-2H3,(H,34,35). The van der Waals surface area contributed by atoms with Crippen LogP contribution < -0.4 is 0 Å². The molecule has 0 radical (unpaired) electrons. The summed E-state index contributed by atoms with van der Waals surface area (Å²) in [6.45, 7) is 4.53. The molecule has 1 unspecified atom stereocenters. The number of carbonyl (C=O) groups is 3. The van der Waals surface area contributed by atoms with Gasteiger partial charge in [0.2, 0.25) is 0 Å². The number of rotatable bonds is 7. The van der Waals surface area contributed by atoms with Crippen molar-refractivity contribution in [1.82, 2.24) is 14.5 Å². The van der Waals surface area contributed by atoms with Crippen molar-refractivity contribution in [1.29, 1.82) is 0 Å². The molecule has 3 heterocycles. The van der Waals surface area contributed by atoms with Crippen LogP contribution >= 0.6 is 0 Å². The van der Waals surface area contributed by atoms with Gasteiger partial charge in [0.25, 0.3) is 5.91 Å². The largest absolute Gasteiger partial charge is 0.509 e. The van der Waals surface area contributed by atoms with E-state index in [0.29, 0.717) is 37.2 Å². The first-order valence-corrected chi connectivity index (χ1v) is 12.3. The molecule has 3 aromatic rings. The van der Waals surface area contributed by atoms with Crippen LogP contribution in [0.2, 0.25) is 0 Å². The highest BCUT2D eigenvalue weighted by molar-refractivity contribution is 6.18. The number of carbonyl (C=O) groups excluding carboxylic acids is 2. The molecule has 1 amide bonds. The van der Waals surface area contributed by atoms with Crippen molar-refractivity contribution >= 4 is 17.8 Å². The van der Waals surface area contributed by atoms with Crippen LogP contribution in [0.25, 0.3) is 11.1 Å². The van der Waals surface area contributed by atoms with Gasteiger partial charge in [-0.1, -0.05) is 49.4 Å². The molecule has 2 aliphatic heterocycles. The molecule has 0 aliphatic carbocycles. The molecule has 0 spiro atoms. The van der Waals surface area contributed by atoms with E-state index in [1.807, 2.05) is 35.8 Å². The third-order valence-corrected chi connectivity index (χ3v) is 6.87. The Bertz CT molecular complexity index is 1440. The minimum atomic E-state index is -0.983. The quantitative estimate of drug-likeness (QED) is 0.374. The summed E-state index contributed by atoms with van der Waals surface area (Å²) in [7, 11) is 0. The highest BCUT2D eigenvalue weighted by atomic mass is 16.5. The van der Waals surface area contributed by atoms with Crippen LogP contribution in [0.3, 0.4) is 0 Å². The van der Waals surface area contributed by atoms with E-state index in [-0.39, 0.29) is 23.5 Å². The van der Waals surface area contributed by atoms with Crippen LogP contribution in [0.15, 0.2) is 59.9 Å². The van der Waals surface area contributed by atoms with Gasteiger partial charge < -0.3 is 24.4 Å². The van der Waals surface area contributed by atoms with Gasteiger partial charge in [-0.05, 0) is 29.7 Å². The van der Waals surface area contributed by atoms with Crippen LogP contribution in [-0.4, -0.2) is 55.7 Å². The summed E-state index contributed by atoms with van der Waals surface area (Å²) < 4.78 is 7.02. The zero-order chi connectivity index (χ0) is 26.3. The number of aliphatic hydroxyl groups excluding tert-OH is 1. The first-order chi connectivity index (χ1) is 17.8. The Morgan fingerprint density at radius 1 is 1.11 bits per heavy atom. The minimum absolute atomic E-state index is 0.101. The molecule has 190 valence electrons. The Hall–Kier alpha value is -4.40. The molecule has 1 atom stereocenters. The number of imidazole rings is 1. The number of esters is 1. The number of nitrogens with zero attached hydrogens (tertiary/aromatic N) is 3. The number of aryl methyl sites for hydroxylation is 1. The smallest absolute Gasteiger partial charge is 0.347 e. The van der Waals surface area contributed by atoms with Crippen molar-refractivity contribution in [2.45, 2.75) is 39.3 Å². The molecule has 2 N–H and O–H groups in total. The van der Waals surface area contributed by atoms with Crippen LogP contribution in [0.5, 0.6) is 0 Å². The summed E-state index contributed by atoms with van der Waals surface area (Å²) >= 11 is 0. The van der Waals surface area contributed by atoms with E-state index in [0.717, 1.165) is 22.6 Å². The number of ether oxygens (including phenoxy) is 1. The van der Waals surface area contributed by atoms with Gasteiger partial charge in [0.1, 0.15) is 17.6 Å². The van der Waals surface area contributed by atoms with Crippen molar-refractivity contribution in [3.63, 3.8) is 0 Å². The van der Waals surface area contributed by atoms with Gasteiger partial charge >= 0.3 is 11.9 Å². The lowest BCUT2D eigenvalue weighted by Crippen LogP contribution is -2.38. The molecule has 0 saturated heterocycles. The molecule has 0 bridgehead atoms. The van der Waals surface area contributed by atoms with Gasteiger partial charge in [-0.3, -0.25) is 4.79 Å². The molecule has 0 saturated carbocycles. The van der Waals surface area contributed by atoms with Crippen molar-refractivity contribution in [2.24, 2.45) is 0 Å². The average molecular weight is 502 g/mol. The summed E-state index contributed by atoms with van der Waals surface area (Å²) in [5, 5.41) is 20.6. The Morgan fingerprint density at radius 3 is 2.51 bits per heavy atom. The van der Waals surface area contributed by atoms with Gasteiger partial charge in [0.05, 0.1) is 23.6 Å². The zero-order valence-electron chi connectivity index (χ0n) is 20.6. The van der Waals surface area contributed by atoms with Crippen LogP contribution in [0.4, 0.5) is 0 Å². The van der Waals surface area contributed by atoms with Crippen molar-refractivity contribution in [2.75, 3.05) is 13.2 Å². The number of carboxylic acids is 1. The molecule has 2 aliphatic rings. The fraction of sp³-hybridized carbons (Fsp3) is 0.286.